The molecule has 0 aliphatic carbocycles. The van der Waals surface area contributed by atoms with Crippen molar-refractivity contribution in [1.82, 2.24) is 0 Å². The average molecular weight is 261 g/mol. The maximum Gasteiger partial charge on any atom is 0.313 e. The molecule has 0 amide bonds. The topological polar surface area (TPSA) is 26.3 Å². The summed E-state index contributed by atoms with van der Waals surface area (Å²) in [6.45, 7) is 4.09. The first kappa shape index (κ1) is 13.3. The van der Waals surface area contributed by atoms with Crippen molar-refractivity contribution in [3.05, 3.63) is 33.8 Å². The molecule has 1 atom stereocenters. The molecule has 1 rings (SSSR count). The average Bonchev–Trinajstić information content (AvgIpc) is 2.17. The summed E-state index contributed by atoms with van der Waals surface area (Å²) < 4.78 is 5.00. The lowest BCUT2D eigenvalue weighted by atomic mass is 9.97. The lowest BCUT2D eigenvalue weighted by molar-refractivity contribution is -0.145. The van der Waals surface area contributed by atoms with Gasteiger partial charge in [-0.2, -0.15) is 0 Å². The van der Waals surface area contributed by atoms with Gasteiger partial charge in [0.25, 0.3) is 0 Å². The first-order valence-corrected chi connectivity index (χ1v) is 5.96. The van der Waals surface area contributed by atoms with Crippen molar-refractivity contribution in [1.29, 1.82) is 0 Å². The number of carbonyl (C=O) groups excluding carboxylic acids is 1. The standard InChI is InChI=1S/C12H14Cl2O2/c1-3-11(12(15)16-4-2)8-5-9(13)7-10(14)6-8/h5-7,11H,3-4H2,1-2H3. The molecular weight excluding hydrogens is 247 g/mol. The lowest BCUT2D eigenvalue weighted by Gasteiger charge is -2.14. The van der Waals surface area contributed by atoms with Crippen molar-refractivity contribution in [2.24, 2.45) is 0 Å². The second kappa shape index (κ2) is 6.12. The Hall–Kier alpha value is -0.730. The third kappa shape index (κ3) is 3.39. The molecule has 4 heteroatoms. The van der Waals surface area contributed by atoms with Gasteiger partial charge < -0.3 is 4.74 Å². The van der Waals surface area contributed by atoms with Crippen LogP contribution in [0.5, 0.6) is 0 Å². The van der Waals surface area contributed by atoms with Crippen LogP contribution in [0.3, 0.4) is 0 Å². The van der Waals surface area contributed by atoms with Gasteiger partial charge in [0, 0.05) is 10.0 Å². The van der Waals surface area contributed by atoms with Crippen LogP contribution in [0.15, 0.2) is 18.2 Å². The molecule has 0 radical (unpaired) electrons. The van der Waals surface area contributed by atoms with Gasteiger partial charge in [0.1, 0.15) is 0 Å². The van der Waals surface area contributed by atoms with Crippen LogP contribution in [0.1, 0.15) is 31.7 Å². The van der Waals surface area contributed by atoms with Gasteiger partial charge >= 0.3 is 5.97 Å². The number of ether oxygens (including phenoxy) is 1. The molecule has 0 aliphatic heterocycles. The van der Waals surface area contributed by atoms with E-state index in [1.54, 1.807) is 25.1 Å². The Balaban J connectivity index is 2.98. The summed E-state index contributed by atoms with van der Waals surface area (Å²) in [4.78, 5) is 11.7. The Morgan fingerprint density at radius 1 is 1.25 bits per heavy atom. The molecule has 0 aromatic heterocycles. The molecule has 0 heterocycles. The van der Waals surface area contributed by atoms with Crippen LogP contribution >= 0.6 is 23.2 Å². The Morgan fingerprint density at radius 2 is 1.81 bits per heavy atom. The smallest absolute Gasteiger partial charge is 0.313 e. The number of carbonyl (C=O) groups is 1. The quantitative estimate of drug-likeness (QED) is 0.764. The van der Waals surface area contributed by atoms with Crippen molar-refractivity contribution in [2.75, 3.05) is 6.61 Å². The van der Waals surface area contributed by atoms with Gasteiger partial charge in [0.05, 0.1) is 12.5 Å². The van der Waals surface area contributed by atoms with Gasteiger partial charge in [-0.1, -0.05) is 30.1 Å². The van der Waals surface area contributed by atoms with Crippen LogP contribution in [0.2, 0.25) is 10.0 Å². The van der Waals surface area contributed by atoms with Crippen molar-refractivity contribution >= 4 is 29.2 Å². The molecule has 1 aromatic carbocycles. The van der Waals surface area contributed by atoms with Crippen LogP contribution in [-0.4, -0.2) is 12.6 Å². The van der Waals surface area contributed by atoms with Crippen molar-refractivity contribution in [2.45, 2.75) is 26.2 Å². The Labute approximate surface area is 106 Å². The molecule has 16 heavy (non-hydrogen) atoms. The first-order valence-electron chi connectivity index (χ1n) is 5.21. The fourth-order valence-corrected chi connectivity index (χ4v) is 2.10. The van der Waals surface area contributed by atoms with Crippen LogP contribution in [0, 0.1) is 0 Å². The molecule has 0 spiro atoms. The molecule has 2 nitrogen and oxygen atoms in total. The number of esters is 1. The normalized spacial score (nSPS) is 12.2. The number of hydrogen-bond donors (Lipinski definition) is 0. The SMILES string of the molecule is CCOC(=O)C(CC)c1cc(Cl)cc(Cl)c1. The Morgan fingerprint density at radius 3 is 2.25 bits per heavy atom. The third-order valence-corrected chi connectivity index (χ3v) is 2.70. The summed E-state index contributed by atoms with van der Waals surface area (Å²) in [6.07, 6.45) is 0.662. The van der Waals surface area contributed by atoms with E-state index >= 15 is 0 Å². The van der Waals surface area contributed by atoms with E-state index in [-0.39, 0.29) is 11.9 Å². The predicted molar refractivity (Wildman–Crippen MR) is 66.1 cm³/mol. The van der Waals surface area contributed by atoms with E-state index in [1.165, 1.54) is 0 Å². The maximum absolute atomic E-state index is 11.7. The van der Waals surface area contributed by atoms with E-state index < -0.39 is 0 Å². The zero-order chi connectivity index (χ0) is 12.1. The number of halogens is 2. The van der Waals surface area contributed by atoms with Crippen LogP contribution in [0.4, 0.5) is 0 Å². The zero-order valence-corrected chi connectivity index (χ0v) is 10.8. The highest BCUT2D eigenvalue weighted by molar-refractivity contribution is 6.34. The monoisotopic (exact) mass is 260 g/mol. The molecule has 88 valence electrons. The van der Waals surface area contributed by atoms with Gasteiger partial charge in [0.2, 0.25) is 0 Å². The lowest BCUT2D eigenvalue weighted by Crippen LogP contribution is -2.15. The minimum Gasteiger partial charge on any atom is -0.466 e. The predicted octanol–water partition coefficient (Wildman–Crippen LogP) is 4.05. The Kier molecular flexibility index (Phi) is 5.10. The van der Waals surface area contributed by atoms with Crippen molar-refractivity contribution < 1.29 is 9.53 Å². The van der Waals surface area contributed by atoms with E-state index in [2.05, 4.69) is 0 Å². The maximum atomic E-state index is 11.7. The van der Waals surface area contributed by atoms with Crippen molar-refractivity contribution in [3.8, 4) is 0 Å². The molecule has 0 aliphatic rings. The van der Waals surface area contributed by atoms with E-state index in [1.807, 2.05) is 6.92 Å². The van der Waals surface area contributed by atoms with E-state index in [9.17, 15) is 4.79 Å². The summed E-state index contributed by atoms with van der Waals surface area (Å²) in [5.74, 6) is -0.528. The van der Waals surface area contributed by atoms with Gasteiger partial charge in [-0.3, -0.25) is 4.79 Å². The molecule has 1 unspecified atom stereocenters. The molecule has 1 aromatic rings. The summed E-state index contributed by atoms with van der Waals surface area (Å²) in [7, 11) is 0. The minimum absolute atomic E-state index is 0.233. The third-order valence-electron chi connectivity index (χ3n) is 2.27. The summed E-state index contributed by atoms with van der Waals surface area (Å²) in [5.41, 5.74) is 0.804. The van der Waals surface area contributed by atoms with Gasteiger partial charge in [-0.15, -0.1) is 0 Å². The molecule has 0 saturated carbocycles. The fourth-order valence-electron chi connectivity index (χ4n) is 1.56. The number of hydrogen-bond acceptors (Lipinski definition) is 2. The van der Waals surface area contributed by atoms with Gasteiger partial charge in [-0.25, -0.2) is 0 Å². The molecule has 0 N–H and O–H groups in total. The zero-order valence-electron chi connectivity index (χ0n) is 9.30. The van der Waals surface area contributed by atoms with Crippen LogP contribution < -0.4 is 0 Å². The van der Waals surface area contributed by atoms with Crippen molar-refractivity contribution in [3.63, 3.8) is 0 Å². The van der Waals surface area contributed by atoms with E-state index in [4.69, 9.17) is 27.9 Å². The first-order chi connectivity index (χ1) is 7.58. The number of rotatable bonds is 4. The second-order valence-electron chi connectivity index (χ2n) is 3.42. The highest BCUT2D eigenvalue weighted by Crippen LogP contribution is 2.27. The molecule has 0 bridgehead atoms. The largest absolute Gasteiger partial charge is 0.466 e. The van der Waals surface area contributed by atoms with Crippen LogP contribution in [0.25, 0.3) is 0 Å². The minimum atomic E-state index is -0.295. The summed E-state index contributed by atoms with van der Waals surface area (Å²) in [5, 5.41) is 1.07. The number of benzene rings is 1. The summed E-state index contributed by atoms with van der Waals surface area (Å²) >= 11 is 11.8. The van der Waals surface area contributed by atoms with Crippen LogP contribution in [-0.2, 0) is 9.53 Å². The fraction of sp³-hybridized carbons (Fsp3) is 0.417. The second-order valence-corrected chi connectivity index (χ2v) is 4.29. The van der Waals surface area contributed by atoms with Gasteiger partial charge in [-0.05, 0) is 37.1 Å². The molecule has 0 fully saturated rings. The highest BCUT2D eigenvalue weighted by Gasteiger charge is 2.20. The van der Waals surface area contributed by atoms with E-state index in [0.29, 0.717) is 23.1 Å². The molecule has 0 saturated heterocycles. The Bertz CT molecular complexity index is 357. The summed E-state index contributed by atoms with van der Waals surface area (Å²) in [6, 6.07) is 5.14. The molecular formula is C12H14Cl2O2. The highest BCUT2D eigenvalue weighted by atomic mass is 35.5. The van der Waals surface area contributed by atoms with Gasteiger partial charge in [0.15, 0.2) is 0 Å². The van der Waals surface area contributed by atoms with E-state index in [0.717, 1.165) is 5.56 Å².